The van der Waals surface area contributed by atoms with Gasteiger partial charge in [0.1, 0.15) is 0 Å². The first kappa shape index (κ1) is 19.4. The van der Waals surface area contributed by atoms with Gasteiger partial charge in [0.15, 0.2) is 11.5 Å². The Hall–Kier alpha value is -2.34. The van der Waals surface area contributed by atoms with Crippen molar-refractivity contribution < 1.29 is 9.47 Å². The highest BCUT2D eigenvalue weighted by atomic mass is 16.5. The standard InChI is InChI=1S/C21H30N4O2/c1-15(2)27-19-8-7-18(11-20(19)26-4)16(3)22-12-17-13-23-21(24-14-17)25-9-5-6-10-25/h7-8,11,13-16,22H,5-6,9-10,12H2,1-4H3/t16-/m1/s1. The van der Waals surface area contributed by atoms with Crippen LogP contribution in [0.4, 0.5) is 5.95 Å². The second-order valence-corrected chi connectivity index (χ2v) is 7.26. The first-order chi connectivity index (χ1) is 13.1. The van der Waals surface area contributed by atoms with E-state index in [9.17, 15) is 0 Å². The number of nitrogens with zero attached hydrogens (tertiary/aromatic N) is 3. The van der Waals surface area contributed by atoms with Gasteiger partial charge in [-0.3, -0.25) is 0 Å². The lowest BCUT2D eigenvalue weighted by Crippen LogP contribution is -2.21. The highest BCUT2D eigenvalue weighted by Gasteiger charge is 2.15. The van der Waals surface area contributed by atoms with Crippen molar-refractivity contribution in [3.05, 3.63) is 41.7 Å². The zero-order valence-corrected chi connectivity index (χ0v) is 16.7. The number of rotatable bonds is 8. The summed E-state index contributed by atoms with van der Waals surface area (Å²) in [6, 6.07) is 6.25. The minimum absolute atomic E-state index is 0.115. The van der Waals surface area contributed by atoms with Crippen LogP contribution in [0, 0.1) is 0 Å². The Kier molecular flexibility index (Phi) is 6.50. The van der Waals surface area contributed by atoms with Crippen LogP contribution in [0.2, 0.25) is 0 Å². The second-order valence-electron chi connectivity index (χ2n) is 7.26. The van der Waals surface area contributed by atoms with Crippen molar-refractivity contribution in [3.63, 3.8) is 0 Å². The van der Waals surface area contributed by atoms with Crippen LogP contribution in [0.1, 0.15) is 50.8 Å². The zero-order valence-electron chi connectivity index (χ0n) is 16.7. The summed E-state index contributed by atoms with van der Waals surface area (Å²) in [5.41, 5.74) is 2.23. The molecule has 6 heteroatoms. The summed E-state index contributed by atoms with van der Waals surface area (Å²) in [5.74, 6) is 2.37. The summed E-state index contributed by atoms with van der Waals surface area (Å²) in [6.07, 6.45) is 6.41. The van der Waals surface area contributed by atoms with Crippen molar-refractivity contribution >= 4 is 5.95 Å². The number of hydrogen-bond donors (Lipinski definition) is 1. The summed E-state index contributed by atoms with van der Waals surface area (Å²) in [4.78, 5) is 11.3. The maximum atomic E-state index is 5.79. The molecule has 1 N–H and O–H groups in total. The van der Waals surface area contributed by atoms with E-state index in [1.807, 2.05) is 38.4 Å². The van der Waals surface area contributed by atoms with Gasteiger partial charge >= 0.3 is 0 Å². The molecule has 0 aliphatic carbocycles. The molecule has 0 saturated carbocycles. The fraction of sp³-hybridized carbons (Fsp3) is 0.524. The SMILES string of the molecule is COc1cc([C@@H](C)NCc2cnc(N3CCCC3)nc2)ccc1OC(C)C. The Morgan fingerprint density at radius 1 is 1.07 bits per heavy atom. The average Bonchev–Trinajstić information content (AvgIpc) is 3.21. The third-order valence-electron chi connectivity index (χ3n) is 4.74. The van der Waals surface area contributed by atoms with Gasteiger partial charge in [0.2, 0.25) is 5.95 Å². The summed E-state index contributed by atoms with van der Waals surface area (Å²) in [6.45, 7) is 8.99. The largest absolute Gasteiger partial charge is 0.493 e. The van der Waals surface area contributed by atoms with Gasteiger partial charge in [0.05, 0.1) is 13.2 Å². The molecule has 0 bridgehead atoms. The van der Waals surface area contributed by atoms with Crippen molar-refractivity contribution in [2.24, 2.45) is 0 Å². The molecule has 0 amide bonds. The van der Waals surface area contributed by atoms with Crippen molar-refractivity contribution in [1.29, 1.82) is 0 Å². The molecule has 1 aromatic carbocycles. The van der Waals surface area contributed by atoms with Gasteiger partial charge in [-0.05, 0) is 51.3 Å². The first-order valence-corrected chi connectivity index (χ1v) is 9.70. The van der Waals surface area contributed by atoms with Crippen molar-refractivity contribution in [3.8, 4) is 11.5 Å². The van der Waals surface area contributed by atoms with Gasteiger partial charge in [-0.25, -0.2) is 9.97 Å². The lowest BCUT2D eigenvalue weighted by molar-refractivity contribution is 0.230. The van der Waals surface area contributed by atoms with E-state index in [4.69, 9.17) is 9.47 Å². The molecule has 2 aromatic rings. The van der Waals surface area contributed by atoms with Crippen LogP contribution in [-0.4, -0.2) is 36.3 Å². The third kappa shape index (κ3) is 5.10. The molecule has 146 valence electrons. The smallest absolute Gasteiger partial charge is 0.225 e. The highest BCUT2D eigenvalue weighted by Crippen LogP contribution is 2.31. The molecule has 1 atom stereocenters. The third-order valence-corrected chi connectivity index (χ3v) is 4.74. The van der Waals surface area contributed by atoms with Crippen LogP contribution in [-0.2, 0) is 6.54 Å². The summed E-state index contributed by atoms with van der Waals surface area (Å²) in [7, 11) is 1.67. The van der Waals surface area contributed by atoms with E-state index < -0.39 is 0 Å². The maximum Gasteiger partial charge on any atom is 0.225 e. The Morgan fingerprint density at radius 3 is 2.41 bits per heavy atom. The molecule has 0 spiro atoms. The number of nitrogens with one attached hydrogen (secondary N) is 1. The van der Waals surface area contributed by atoms with Crippen molar-refractivity contribution in [1.82, 2.24) is 15.3 Å². The van der Waals surface area contributed by atoms with Crippen molar-refractivity contribution in [2.45, 2.75) is 52.3 Å². The average molecular weight is 370 g/mol. The Balaban J connectivity index is 1.59. The number of benzene rings is 1. The topological polar surface area (TPSA) is 59.5 Å². The molecule has 1 aromatic heterocycles. The molecule has 6 nitrogen and oxygen atoms in total. The lowest BCUT2D eigenvalue weighted by Gasteiger charge is -2.18. The summed E-state index contributed by atoms with van der Waals surface area (Å²) in [5, 5.41) is 3.53. The molecule has 1 aliphatic rings. The van der Waals surface area contributed by atoms with Crippen LogP contribution >= 0.6 is 0 Å². The zero-order chi connectivity index (χ0) is 19.2. The van der Waals surface area contributed by atoms with Gasteiger partial charge in [-0.15, -0.1) is 0 Å². The molecule has 2 heterocycles. The number of aromatic nitrogens is 2. The van der Waals surface area contributed by atoms with Crippen LogP contribution in [0.25, 0.3) is 0 Å². The van der Waals surface area contributed by atoms with Crippen molar-refractivity contribution in [2.75, 3.05) is 25.1 Å². The lowest BCUT2D eigenvalue weighted by atomic mass is 10.1. The number of methoxy groups -OCH3 is 1. The van der Waals surface area contributed by atoms with Gasteiger partial charge < -0.3 is 19.7 Å². The Morgan fingerprint density at radius 2 is 1.78 bits per heavy atom. The molecule has 1 saturated heterocycles. The molecular formula is C21H30N4O2. The quantitative estimate of drug-likeness (QED) is 0.764. The maximum absolute atomic E-state index is 5.79. The van der Waals surface area contributed by atoms with E-state index in [0.29, 0.717) is 6.54 Å². The van der Waals surface area contributed by atoms with E-state index >= 15 is 0 Å². The summed E-state index contributed by atoms with van der Waals surface area (Å²) >= 11 is 0. The van der Waals surface area contributed by atoms with Gasteiger partial charge in [0, 0.05) is 43.6 Å². The number of hydrogen-bond acceptors (Lipinski definition) is 6. The van der Waals surface area contributed by atoms with E-state index in [1.54, 1.807) is 7.11 Å². The molecular weight excluding hydrogens is 340 g/mol. The van der Waals surface area contributed by atoms with E-state index in [1.165, 1.54) is 12.8 Å². The predicted molar refractivity (Wildman–Crippen MR) is 107 cm³/mol. The predicted octanol–water partition coefficient (Wildman–Crippen LogP) is 3.72. The molecule has 0 radical (unpaired) electrons. The van der Waals surface area contributed by atoms with Crippen LogP contribution in [0.15, 0.2) is 30.6 Å². The van der Waals surface area contributed by atoms with Gasteiger partial charge in [-0.2, -0.15) is 0 Å². The van der Waals surface area contributed by atoms with E-state index in [2.05, 4.69) is 33.2 Å². The minimum Gasteiger partial charge on any atom is -0.493 e. The molecule has 1 fully saturated rings. The van der Waals surface area contributed by atoms with Gasteiger partial charge in [-0.1, -0.05) is 6.07 Å². The van der Waals surface area contributed by atoms with E-state index in [-0.39, 0.29) is 12.1 Å². The molecule has 1 aliphatic heterocycles. The first-order valence-electron chi connectivity index (χ1n) is 9.70. The molecule has 0 unspecified atom stereocenters. The minimum atomic E-state index is 0.115. The molecule has 3 rings (SSSR count). The summed E-state index contributed by atoms with van der Waals surface area (Å²) < 4.78 is 11.3. The fourth-order valence-corrected chi connectivity index (χ4v) is 3.21. The van der Waals surface area contributed by atoms with Crippen LogP contribution in [0.5, 0.6) is 11.5 Å². The fourth-order valence-electron chi connectivity index (χ4n) is 3.21. The van der Waals surface area contributed by atoms with Crippen LogP contribution in [0.3, 0.4) is 0 Å². The van der Waals surface area contributed by atoms with Gasteiger partial charge in [0.25, 0.3) is 0 Å². The Bertz CT molecular complexity index is 727. The normalized spacial score (nSPS) is 15.2. The monoisotopic (exact) mass is 370 g/mol. The Labute approximate surface area is 161 Å². The highest BCUT2D eigenvalue weighted by molar-refractivity contribution is 5.44. The van der Waals surface area contributed by atoms with E-state index in [0.717, 1.165) is 41.7 Å². The number of anilines is 1. The van der Waals surface area contributed by atoms with Crippen LogP contribution < -0.4 is 19.7 Å². The number of ether oxygens (including phenoxy) is 2. The molecule has 27 heavy (non-hydrogen) atoms. The second kappa shape index (κ2) is 9.04.